The molecule has 0 atom stereocenters. The van der Waals surface area contributed by atoms with E-state index in [1.807, 2.05) is 0 Å². The summed E-state index contributed by atoms with van der Waals surface area (Å²) in [5.74, 6) is -2.71. The van der Waals surface area contributed by atoms with Gasteiger partial charge in [-0.3, -0.25) is 9.59 Å². The molecule has 0 saturated carbocycles. The molecule has 2 amide bonds. The molecule has 1 aliphatic rings. The molecule has 1 aliphatic heterocycles. The molecule has 1 N–H and O–H groups in total. The maximum Gasteiger partial charge on any atom is 0.471 e. The lowest BCUT2D eigenvalue weighted by Crippen LogP contribution is -2.38. The van der Waals surface area contributed by atoms with Crippen molar-refractivity contribution < 1.29 is 31.9 Å². The Labute approximate surface area is 145 Å². The molecular formula is C17H12F4N2O3. The highest BCUT2D eigenvalue weighted by atomic mass is 19.4. The summed E-state index contributed by atoms with van der Waals surface area (Å²) in [6.45, 7) is -0.158. The van der Waals surface area contributed by atoms with Crippen LogP contribution in [0.2, 0.25) is 0 Å². The number of carbonyl (C=O) groups is 2. The molecule has 0 fully saturated rings. The van der Waals surface area contributed by atoms with Crippen LogP contribution < -0.4 is 15.0 Å². The predicted octanol–water partition coefficient (Wildman–Crippen LogP) is 3.25. The predicted molar refractivity (Wildman–Crippen MR) is 84.2 cm³/mol. The summed E-state index contributed by atoms with van der Waals surface area (Å²) < 4.78 is 55.3. The number of ether oxygens (including phenoxy) is 1. The second-order valence-electron chi connectivity index (χ2n) is 5.53. The molecule has 26 heavy (non-hydrogen) atoms. The van der Waals surface area contributed by atoms with Crippen molar-refractivity contribution in [1.82, 2.24) is 0 Å². The standard InChI is InChI=1S/C17H12F4N2O3/c18-11-3-1-10(2-4-11)8-23-13-6-5-12(22-16(25)17(19,20)21)7-14(13)26-9-15(23)24/h1-7H,8-9H2,(H,22,25). The lowest BCUT2D eigenvalue weighted by atomic mass is 10.1. The normalized spacial score (nSPS) is 13.8. The topological polar surface area (TPSA) is 58.6 Å². The molecule has 0 spiro atoms. The third kappa shape index (κ3) is 3.76. The van der Waals surface area contributed by atoms with E-state index >= 15 is 0 Å². The van der Waals surface area contributed by atoms with E-state index in [2.05, 4.69) is 0 Å². The summed E-state index contributed by atoms with van der Waals surface area (Å²) in [6, 6.07) is 9.40. The van der Waals surface area contributed by atoms with Crippen LogP contribution in [0, 0.1) is 5.82 Å². The first kappa shape index (κ1) is 17.7. The summed E-state index contributed by atoms with van der Waals surface area (Å²) in [5, 5.41) is 1.72. The molecule has 0 bridgehead atoms. The molecule has 136 valence electrons. The number of alkyl halides is 3. The van der Waals surface area contributed by atoms with Gasteiger partial charge in [0, 0.05) is 11.8 Å². The number of hydrogen-bond acceptors (Lipinski definition) is 3. The zero-order chi connectivity index (χ0) is 18.9. The number of anilines is 2. The Balaban J connectivity index is 1.84. The highest BCUT2D eigenvalue weighted by Gasteiger charge is 2.39. The number of nitrogens with zero attached hydrogens (tertiary/aromatic N) is 1. The van der Waals surface area contributed by atoms with Gasteiger partial charge < -0.3 is 15.0 Å². The Morgan fingerprint density at radius 3 is 2.50 bits per heavy atom. The van der Waals surface area contributed by atoms with Gasteiger partial charge in [0.25, 0.3) is 5.91 Å². The minimum atomic E-state index is -5.01. The van der Waals surface area contributed by atoms with Crippen LogP contribution in [0.15, 0.2) is 42.5 Å². The molecule has 2 aromatic rings. The van der Waals surface area contributed by atoms with Gasteiger partial charge in [0.15, 0.2) is 6.61 Å². The molecule has 0 aliphatic carbocycles. The van der Waals surface area contributed by atoms with Gasteiger partial charge in [0.1, 0.15) is 11.6 Å². The van der Waals surface area contributed by atoms with Crippen molar-refractivity contribution in [3.8, 4) is 5.75 Å². The van der Waals surface area contributed by atoms with Crippen LogP contribution in [0.1, 0.15) is 5.56 Å². The minimum absolute atomic E-state index is 0.109. The summed E-state index contributed by atoms with van der Waals surface area (Å²) in [5.41, 5.74) is 0.903. The lowest BCUT2D eigenvalue weighted by molar-refractivity contribution is -0.167. The SMILES string of the molecule is O=C1COc2cc(NC(=O)C(F)(F)F)ccc2N1Cc1ccc(F)cc1. The number of nitrogens with one attached hydrogen (secondary N) is 1. The van der Waals surface area contributed by atoms with Crippen LogP contribution in [-0.2, 0) is 16.1 Å². The first-order valence-electron chi connectivity index (χ1n) is 7.44. The third-order valence-corrected chi connectivity index (χ3v) is 3.67. The highest BCUT2D eigenvalue weighted by Crippen LogP contribution is 2.35. The minimum Gasteiger partial charge on any atom is -0.481 e. The highest BCUT2D eigenvalue weighted by molar-refractivity contribution is 5.99. The van der Waals surface area contributed by atoms with Gasteiger partial charge in [-0.05, 0) is 29.8 Å². The molecule has 9 heteroatoms. The van der Waals surface area contributed by atoms with Crippen LogP contribution in [0.5, 0.6) is 5.75 Å². The third-order valence-electron chi connectivity index (χ3n) is 3.67. The molecule has 2 aromatic carbocycles. The number of carbonyl (C=O) groups excluding carboxylic acids is 2. The molecule has 0 unspecified atom stereocenters. The number of hydrogen-bond donors (Lipinski definition) is 1. The molecule has 1 heterocycles. The Morgan fingerprint density at radius 2 is 1.85 bits per heavy atom. The average Bonchev–Trinajstić information content (AvgIpc) is 2.58. The average molecular weight is 368 g/mol. The maximum absolute atomic E-state index is 13.0. The van der Waals surface area contributed by atoms with E-state index in [0.717, 1.165) is 0 Å². The van der Waals surface area contributed by atoms with E-state index in [4.69, 9.17) is 4.74 Å². The van der Waals surface area contributed by atoms with Gasteiger partial charge in [-0.15, -0.1) is 0 Å². The van der Waals surface area contributed by atoms with Gasteiger partial charge in [-0.2, -0.15) is 13.2 Å². The zero-order valence-corrected chi connectivity index (χ0v) is 13.1. The zero-order valence-electron chi connectivity index (χ0n) is 13.1. The van der Waals surface area contributed by atoms with Crippen molar-refractivity contribution in [3.63, 3.8) is 0 Å². The second kappa shape index (κ2) is 6.66. The number of rotatable bonds is 3. The van der Waals surface area contributed by atoms with E-state index in [0.29, 0.717) is 11.3 Å². The van der Waals surface area contributed by atoms with E-state index in [1.54, 1.807) is 5.32 Å². The molecule has 3 rings (SSSR count). The molecule has 0 saturated heterocycles. The maximum atomic E-state index is 13.0. The van der Waals surface area contributed by atoms with Crippen molar-refractivity contribution in [2.75, 3.05) is 16.8 Å². The smallest absolute Gasteiger partial charge is 0.471 e. The Bertz CT molecular complexity index is 850. The first-order valence-corrected chi connectivity index (χ1v) is 7.44. The summed E-state index contributed by atoms with van der Waals surface area (Å²) in [4.78, 5) is 24.5. The Hall–Kier alpha value is -3.10. The van der Waals surface area contributed by atoms with Crippen LogP contribution in [-0.4, -0.2) is 24.6 Å². The fourth-order valence-corrected chi connectivity index (χ4v) is 2.43. The molecule has 0 aromatic heterocycles. The summed E-state index contributed by atoms with van der Waals surface area (Å²) in [7, 11) is 0. The van der Waals surface area contributed by atoms with Gasteiger partial charge in [0.05, 0.1) is 12.2 Å². The van der Waals surface area contributed by atoms with E-state index in [-0.39, 0.29) is 30.5 Å². The second-order valence-corrected chi connectivity index (χ2v) is 5.53. The number of halogens is 4. The Morgan fingerprint density at radius 1 is 1.15 bits per heavy atom. The molecule has 0 radical (unpaired) electrons. The lowest BCUT2D eigenvalue weighted by Gasteiger charge is -2.29. The van der Waals surface area contributed by atoms with Crippen molar-refractivity contribution in [2.24, 2.45) is 0 Å². The fourth-order valence-electron chi connectivity index (χ4n) is 2.43. The van der Waals surface area contributed by atoms with Crippen LogP contribution >= 0.6 is 0 Å². The number of fused-ring (bicyclic) bond motifs is 1. The number of amides is 2. The Kier molecular flexibility index (Phi) is 4.54. The summed E-state index contributed by atoms with van der Waals surface area (Å²) in [6.07, 6.45) is -5.01. The van der Waals surface area contributed by atoms with Crippen molar-refractivity contribution in [1.29, 1.82) is 0 Å². The van der Waals surface area contributed by atoms with E-state index in [9.17, 15) is 27.2 Å². The van der Waals surface area contributed by atoms with Crippen molar-refractivity contribution in [3.05, 3.63) is 53.8 Å². The van der Waals surface area contributed by atoms with Crippen LogP contribution in [0.25, 0.3) is 0 Å². The van der Waals surface area contributed by atoms with Crippen LogP contribution in [0.3, 0.4) is 0 Å². The quantitative estimate of drug-likeness (QED) is 0.847. The first-order chi connectivity index (χ1) is 12.2. The van der Waals surface area contributed by atoms with Gasteiger partial charge in [-0.25, -0.2) is 4.39 Å². The molecular weight excluding hydrogens is 356 g/mol. The summed E-state index contributed by atoms with van der Waals surface area (Å²) >= 11 is 0. The van der Waals surface area contributed by atoms with Gasteiger partial charge in [0.2, 0.25) is 0 Å². The number of benzene rings is 2. The fraction of sp³-hybridized carbons (Fsp3) is 0.176. The molecule has 5 nitrogen and oxygen atoms in total. The van der Waals surface area contributed by atoms with Crippen LogP contribution in [0.4, 0.5) is 28.9 Å². The van der Waals surface area contributed by atoms with Crippen molar-refractivity contribution in [2.45, 2.75) is 12.7 Å². The van der Waals surface area contributed by atoms with Gasteiger partial charge in [-0.1, -0.05) is 12.1 Å². The largest absolute Gasteiger partial charge is 0.481 e. The van der Waals surface area contributed by atoms with Crippen molar-refractivity contribution >= 4 is 23.2 Å². The monoisotopic (exact) mass is 368 g/mol. The van der Waals surface area contributed by atoms with E-state index < -0.39 is 17.9 Å². The van der Waals surface area contributed by atoms with E-state index in [1.165, 1.54) is 47.4 Å². The van der Waals surface area contributed by atoms with Gasteiger partial charge >= 0.3 is 12.1 Å².